The molecular formula is C25H32ClN3O2. The van der Waals surface area contributed by atoms with Gasteiger partial charge in [-0.25, -0.2) is 4.98 Å². The molecule has 0 radical (unpaired) electrons. The minimum absolute atomic E-state index is 0.0604. The van der Waals surface area contributed by atoms with Gasteiger partial charge in [-0.15, -0.1) is 0 Å². The van der Waals surface area contributed by atoms with Crippen molar-refractivity contribution in [1.82, 2.24) is 14.8 Å². The molecule has 2 fully saturated rings. The molecule has 1 spiro atoms. The number of carbonyl (C=O) groups excluding carboxylic acids is 1. The van der Waals surface area contributed by atoms with Crippen molar-refractivity contribution in [1.29, 1.82) is 0 Å². The van der Waals surface area contributed by atoms with Crippen molar-refractivity contribution in [2.24, 2.45) is 11.3 Å². The molecule has 0 atom stereocenters. The molecule has 1 aromatic heterocycles. The molecule has 1 aromatic carbocycles. The lowest BCUT2D eigenvalue weighted by Gasteiger charge is -2.39. The number of amides is 1. The van der Waals surface area contributed by atoms with E-state index in [4.69, 9.17) is 16.3 Å². The third-order valence-electron chi connectivity index (χ3n) is 6.54. The summed E-state index contributed by atoms with van der Waals surface area (Å²) < 4.78 is 6.05. The van der Waals surface area contributed by atoms with E-state index >= 15 is 0 Å². The van der Waals surface area contributed by atoms with Gasteiger partial charge in [0.05, 0.1) is 6.61 Å². The van der Waals surface area contributed by atoms with E-state index in [1.54, 1.807) is 18.3 Å². The first-order chi connectivity index (χ1) is 14.9. The van der Waals surface area contributed by atoms with Crippen LogP contribution in [-0.2, 0) is 6.54 Å². The van der Waals surface area contributed by atoms with Crippen LogP contribution >= 0.6 is 11.6 Å². The standard InChI is InChI=1S/C25H32ClN3O2/c1-19(2)17-31-22-6-4-3-5-21(22)16-28-12-8-25(18-28)9-13-29(14-10-25)24(30)20-7-11-27-23(26)15-20/h3-7,11,15,19H,8-10,12-14,16-18H2,1-2H3. The Morgan fingerprint density at radius 1 is 1.16 bits per heavy atom. The number of para-hydroxylation sites is 1. The number of piperidine rings is 1. The zero-order valence-corrected chi connectivity index (χ0v) is 19.3. The number of pyridine rings is 1. The number of hydrogen-bond acceptors (Lipinski definition) is 4. The zero-order chi connectivity index (χ0) is 21.8. The number of nitrogens with zero attached hydrogens (tertiary/aromatic N) is 3. The lowest BCUT2D eigenvalue weighted by molar-refractivity contribution is 0.0587. The van der Waals surface area contributed by atoms with Gasteiger partial charge >= 0.3 is 0 Å². The zero-order valence-electron chi connectivity index (χ0n) is 18.5. The number of hydrogen-bond donors (Lipinski definition) is 0. The fourth-order valence-corrected chi connectivity index (χ4v) is 4.92. The maximum Gasteiger partial charge on any atom is 0.254 e. The predicted molar refractivity (Wildman–Crippen MR) is 123 cm³/mol. The second-order valence-electron chi connectivity index (χ2n) is 9.43. The summed E-state index contributed by atoms with van der Waals surface area (Å²) in [6.45, 7) is 9.82. The van der Waals surface area contributed by atoms with Crippen LogP contribution in [0.25, 0.3) is 0 Å². The van der Waals surface area contributed by atoms with Crippen molar-refractivity contribution in [2.45, 2.75) is 39.7 Å². The van der Waals surface area contributed by atoms with Gasteiger partial charge in [-0.05, 0) is 55.3 Å². The molecule has 31 heavy (non-hydrogen) atoms. The molecule has 1 amide bonds. The van der Waals surface area contributed by atoms with Gasteiger partial charge in [0, 0.05) is 43.5 Å². The fraction of sp³-hybridized carbons (Fsp3) is 0.520. The lowest BCUT2D eigenvalue weighted by atomic mass is 9.77. The predicted octanol–water partition coefficient (Wildman–Crippen LogP) is 4.90. The summed E-state index contributed by atoms with van der Waals surface area (Å²) in [7, 11) is 0. The topological polar surface area (TPSA) is 45.7 Å². The Bertz CT molecular complexity index is 909. The van der Waals surface area contributed by atoms with Crippen LogP contribution in [0.1, 0.15) is 49.0 Å². The van der Waals surface area contributed by atoms with Gasteiger partial charge in [0.15, 0.2) is 0 Å². The Balaban J connectivity index is 1.33. The van der Waals surface area contributed by atoms with Gasteiger partial charge in [-0.1, -0.05) is 43.6 Å². The first-order valence-electron chi connectivity index (χ1n) is 11.3. The van der Waals surface area contributed by atoms with Crippen LogP contribution in [0.2, 0.25) is 5.15 Å². The van der Waals surface area contributed by atoms with Gasteiger partial charge in [0.2, 0.25) is 0 Å². The van der Waals surface area contributed by atoms with E-state index in [1.165, 1.54) is 12.0 Å². The van der Waals surface area contributed by atoms with Crippen LogP contribution in [0, 0.1) is 11.3 Å². The molecule has 6 heteroatoms. The largest absolute Gasteiger partial charge is 0.493 e. The minimum Gasteiger partial charge on any atom is -0.493 e. The van der Waals surface area contributed by atoms with E-state index in [1.807, 2.05) is 11.0 Å². The maximum absolute atomic E-state index is 12.8. The molecule has 0 saturated carbocycles. The minimum atomic E-state index is 0.0604. The normalized spacial score (nSPS) is 18.6. The number of aromatic nitrogens is 1. The van der Waals surface area contributed by atoms with Crippen LogP contribution < -0.4 is 4.74 Å². The average molecular weight is 442 g/mol. The Kier molecular flexibility index (Phi) is 6.83. The number of likely N-dealkylation sites (tertiary alicyclic amines) is 2. The van der Waals surface area contributed by atoms with E-state index in [0.29, 0.717) is 22.0 Å². The number of ether oxygens (including phenoxy) is 1. The SMILES string of the molecule is CC(C)COc1ccccc1CN1CCC2(CCN(C(=O)c3ccnc(Cl)c3)CC2)C1. The van der Waals surface area contributed by atoms with Crippen LogP contribution in [0.15, 0.2) is 42.6 Å². The van der Waals surface area contributed by atoms with E-state index in [2.05, 4.69) is 41.9 Å². The van der Waals surface area contributed by atoms with Gasteiger partial charge in [-0.2, -0.15) is 0 Å². The summed E-state index contributed by atoms with van der Waals surface area (Å²) in [5.41, 5.74) is 2.21. The molecule has 2 saturated heterocycles. The van der Waals surface area contributed by atoms with E-state index < -0.39 is 0 Å². The molecule has 5 nitrogen and oxygen atoms in total. The number of halogens is 1. The highest BCUT2D eigenvalue weighted by Gasteiger charge is 2.41. The molecule has 4 rings (SSSR count). The van der Waals surface area contributed by atoms with E-state index in [-0.39, 0.29) is 5.91 Å². The summed E-state index contributed by atoms with van der Waals surface area (Å²) in [6.07, 6.45) is 4.91. The molecule has 0 unspecified atom stereocenters. The van der Waals surface area contributed by atoms with E-state index in [9.17, 15) is 4.79 Å². The van der Waals surface area contributed by atoms with E-state index in [0.717, 1.165) is 57.9 Å². The van der Waals surface area contributed by atoms with Crippen molar-refractivity contribution in [3.05, 3.63) is 58.9 Å². The maximum atomic E-state index is 12.8. The second kappa shape index (κ2) is 9.58. The molecular weight excluding hydrogens is 410 g/mol. The fourth-order valence-electron chi connectivity index (χ4n) is 4.75. The van der Waals surface area contributed by atoms with Gasteiger partial charge in [-0.3, -0.25) is 9.69 Å². The third kappa shape index (κ3) is 5.39. The quantitative estimate of drug-likeness (QED) is 0.598. The molecule has 0 aliphatic carbocycles. The first kappa shape index (κ1) is 22.1. The highest BCUT2D eigenvalue weighted by Crippen LogP contribution is 2.41. The van der Waals surface area contributed by atoms with Crippen molar-refractivity contribution >= 4 is 17.5 Å². The average Bonchev–Trinajstić information content (AvgIpc) is 3.15. The summed E-state index contributed by atoms with van der Waals surface area (Å²) in [6, 6.07) is 11.8. The smallest absolute Gasteiger partial charge is 0.254 e. The van der Waals surface area contributed by atoms with Gasteiger partial charge in [0.1, 0.15) is 10.9 Å². The Labute approximate surface area is 190 Å². The molecule has 0 N–H and O–H groups in total. The summed E-state index contributed by atoms with van der Waals surface area (Å²) in [4.78, 5) is 21.3. The molecule has 0 bridgehead atoms. The Morgan fingerprint density at radius 2 is 1.90 bits per heavy atom. The van der Waals surface area contributed by atoms with Crippen molar-refractivity contribution in [2.75, 3.05) is 32.8 Å². The van der Waals surface area contributed by atoms with Crippen LogP contribution in [-0.4, -0.2) is 53.5 Å². The summed E-state index contributed by atoms with van der Waals surface area (Å²) in [5, 5.41) is 0.364. The van der Waals surface area contributed by atoms with Crippen molar-refractivity contribution < 1.29 is 9.53 Å². The van der Waals surface area contributed by atoms with Crippen LogP contribution in [0.4, 0.5) is 0 Å². The summed E-state index contributed by atoms with van der Waals surface area (Å²) in [5.74, 6) is 1.58. The number of benzene rings is 1. The highest BCUT2D eigenvalue weighted by atomic mass is 35.5. The number of carbonyl (C=O) groups is 1. The second-order valence-corrected chi connectivity index (χ2v) is 9.82. The van der Waals surface area contributed by atoms with Gasteiger partial charge in [0.25, 0.3) is 5.91 Å². The lowest BCUT2D eigenvalue weighted by Crippen LogP contribution is -2.44. The molecule has 2 aliphatic heterocycles. The van der Waals surface area contributed by atoms with Crippen molar-refractivity contribution in [3.63, 3.8) is 0 Å². The summed E-state index contributed by atoms with van der Waals surface area (Å²) >= 11 is 5.96. The Morgan fingerprint density at radius 3 is 2.65 bits per heavy atom. The highest BCUT2D eigenvalue weighted by molar-refractivity contribution is 6.29. The molecule has 166 valence electrons. The molecule has 3 heterocycles. The monoisotopic (exact) mass is 441 g/mol. The van der Waals surface area contributed by atoms with Gasteiger partial charge < -0.3 is 9.64 Å². The Hall–Kier alpha value is -2.11. The third-order valence-corrected chi connectivity index (χ3v) is 6.75. The number of rotatable bonds is 6. The van der Waals surface area contributed by atoms with Crippen LogP contribution in [0.5, 0.6) is 5.75 Å². The van der Waals surface area contributed by atoms with Crippen molar-refractivity contribution in [3.8, 4) is 5.75 Å². The first-order valence-corrected chi connectivity index (χ1v) is 11.7. The molecule has 2 aliphatic rings. The molecule has 2 aromatic rings. The van der Waals surface area contributed by atoms with Crippen LogP contribution in [0.3, 0.4) is 0 Å².